The van der Waals surface area contributed by atoms with E-state index in [1.807, 2.05) is 6.92 Å². The fraction of sp³-hybridized carbons (Fsp3) is 0.417. The van der Waals surface area contributed by atoms with Crippen molar-refractivity contribution >= 4 is 53.2 Å². The van der Waals surface area contributed by atoms with Gasteiger partial charge in [0.05, 0.1) is 27.0 Å². The molecule has 0 aliphatic rings. The summed E-state index contributed by atoms with van der Waals surface area (Å²) in [5.74, 6) is -0.449. The summed E-state index contributed by atoms with van der Waals surface area (Å²) in [6.07, 6.45) is 0.671. The number of rotatable bonds is 6. The SMILES string of the molecule is CCC(COC)NC(=O)c1cc(Cl)c(Br)c(S(=O)(=O)Cl)c1. The summed E-state index contributed by atoms with van der Waals surface area (Å²) in [5.41, 5.74) is 0.108. The van der Waals surface area contributed by atoms with E-state index in [4.69, 9.17) is 27.0 Å². The lowest BCUT2D eigenvalue weighted by Crippen LogP contribution is -2.37. The fourth-order valence-corrected chi connectivity index (χ4v) is 3.98. The third-order valence-corrected chi connectivity index (χ3v) is 5.70. The Labute approximate surface area is 141 Å². The van der Waals surface area contributed by atoms with Gasteiger partial charge in [-0.3, -0.25) is 4.79 Å². The molecule has 0 aliphatic carbocycles. The summed E-state index contributed by atoms with van der Waals surface area (Å²) in [6.45, 7) is 2.25. The number of ether oxygens (including phenoxy) is 1. The average Bonchev–Trinajstić information content (AvgIpc) is 2.39. The maximum atomic E-state index is 12.2. The molecule has 1 amide bonds. The van der Waals surface area contributed by atoms with Crippen LogP contribution in [0.2, 0.25) is 5.02 Å². The number of benzene rings is 1. The van der Waals surface area contributed by atoms with E-state index in [1.165, 1.54) is 19.2 Å². The minimum atomic E-state index is -4.02. The van der Waals surface area contributed by atoms with E-state index in [9.17, 15) is 13.2 Å². The fourth-order valence-electron chi connectivity index (χ4n) is 1.60. The van der Waals surface area contributed by atoms with E-state index >= 15 is 0 Å². The van der Waals surface area contributed by atoms with Crippen molar-refractivity contribution < 1.29 is 17.9 Å². The van der Waals surface area contributed by atoms with Crippen molar-refractivity contribution in [3.63, 3.8) is 0 Å². The Balaban J connectivity index is 3.14. The van der Waals surface area contributed by atoms with Gasteiger partial charge in [0.25, 0.3) is 15.0 Å². The number of methoxy groups -OCH3 is 1. The largest absolute Gasteiger partial charge is 0.383 e. The smallest absolute Gasteiger partial charge is 0.262 e. The second-order valence-corrected chi connectivity index (χ2v) is 7.98. The number of hydrogen-bond acceptors (Lipinski definition) is 4. The van der Waals surface area contributed by atoms with Crippen LogP contribution < -0.4 is 5.32 Å². The van der Waals surface area contributed by atoms with Gasteiger partial charge >= 0.3 is 0 Å². The first kappa shape index (κ1) is 18.7. The molecule has 118 valence electrons. The van der Waals surface area contributed by atoms with Crippen LogP contribution in [0, 0.1) is 0 Å². The molecular weight excluding hydrogens is 405 g/mol. The molecule has 0 heterocycles. The van der Waals surface area contributed by atoms with Gasteiger partial charge in [-0.05, 0) is 34.5 Å². The zero-order chi connectivity index (χ0) is 16.2. The molecule has 1 atom stereocenters. The minimum absolute atomic E-state index is 0.0849. The number of carbonyl (C=O) groups excluding carboxylic acids is 1. The van der Waals surface area contributed by atoms with E-state index in [2.05, 4.69) is 21.2 Å². The highest BCUT2D eigenvalue weighted by atomic mass is 79.9. The van der Waals surface area contributed by atoms with Gasteiger partial charge in [0.2, 0.25) is 0 Å². The summed E-state index contributed by atoms with van der Waals surface area (Å²) in [5, 5.41) is 2.82. The van der Waals surface area contributed by atoms with Crippen LogP contribution in [0.25, 0.3) is 0 Å². The van der Waals surface area contributed by atoms with E-state index < -0.39 is 15.0 Å². The van der Waals surface area contributed by atoms with Crippen LogP contribution >= 0.6 is 38.2 Å². The zero-order valence-electron chi connectivity index (χ0n) is 11.3. The number of halogens is 3. The van der Waals surface area contributed by atoms with Crippen LogP contribution in [0.4, 0.5) is 0 Å². The third-order valence-electron chi connectivity index (χ3n) is 2.72. The number of hydrogen-bond donors (Lipinski definition) is 1. The van der Waals surface area contributed by atoms with Gasteiger partial charge in [0, 0.05) is 23.4 Å². The van der Waals surface area contributed by atoms with E-state index in [1.54, 1.807) is 0 Å². The molecule has 1 rings (SSSR count). The normalized spacial score (nSPS) is 13.0. The predicted molar refractivity (Wildman–Crippen MR) is 85.6 cm³/mol. The molecule has 9 heteroatoms. The molecule has 1 aromatic carbocycles. The van der Waals surface area contributed by atoms with Crippen molar-refractivity contribution in [2.75, 3.05) is 13.7 Å². The number of amides is 1. The predicted octanol–water partition coefficient (Wildman–Crippen LogP) is 3.18. The van der Waals surface area contributed by atoms with Crippen molar-refractivity contribution in [1.82, 2.24) is 5.32 Å². The molecule has 0 aliphatic heterocycles. The molecule has 0 spiro atoms. The lowest BCUT2D eigenvalue weighted by molar-refractivity contribution is 0.0894. The van der Waals surface area contributed by atoms with Gasteiger partial charge in [0.15, 0.2) is 0 Å². The molecule has 0 saturated heterocycles. The van der Waals surface area contributed by atoms with Gasteiger partial charge in [-0.25, -0.2) is 8.42 Å². The van der Waals surface area contributed by atoms with Crippen LogP contribution in [0.1, 0.15) is 23.7 Å². The van der Waals surface area contributed by atoms with Gasteiger partial charge in [-0.1, -0.05) is 18.5 Å². The second-order valence-electron chi connectivity index (χ2n) is 4.24. The Kier molecular flexibility index (Phi) is 6.93. The first-order chi connectivity index (χ1) is 9.70. The zero-order valence-corrected chi connectivity index (χ0v) is 15.2. The molecule has 5 nitrogen and oxygen atoms in total. The van der Waals surface area contributed by atoms with Gasteiger partial charge in [-0.2, -0.15) is 0 Å². The van der Waals surface area contributed by atoms with Gasteiger partial charge < -0.3 is 10.1 Å². The molecule has 0 bridgehead atoms. The van der Waals surface area contributed by atoms with E-state index in [0.29, 0.717) is 13.0 Å². The second kappa shape index (κ2) is 7.78. The lowest BCUT2D eigenvalue weighted by atomic mass is 10.1. The van der Waals surface area contributed by atoms with Crippen molar-refractivity contribution in [3.8, 4) is 0 Å². The first-order valence-electron chi connectivity index (χ1n) is 5.94. The van der Waals surface area contributed by atoms with Gasteiger partial charge in [0.1, 0.15) is 0 Å². The Morgan fingerprint density at radius 1 is 1.48 bits per heavy atom. The highest BCUT2D eigenvalue weighted by Crippen LogP contribution is 2.33. The van der Waals surface area contributed by atoms with Crippen molar-refractivity contribution in [2.24, 2.45) is 0 Å². The quantitative estimate of drug-likeness (QED) is 0.720. The topological polar surface area (TPSA) is 72.5 Å². The van der Waals surface area contributed by atoms with Crippen LogP contribution in [0.5, 0.6) is 0 Å². The number of nitrogens with one attached hydrogen (secondary N) is 1. The summed E-state index contributed by atoms with van der Waals surface area (Å²) < 4.78 is 28.1. The summed E-state index contributed by atoms with van der Waals surface area (Å²) in [4.78, 5) is 11.9. The van der Waals surface area contributed by atoms with Crippen molar-refractivity contribution in [1.29, 1.82) is 0 Å². The van der Waals surface area contributed by atoms with Crippen LogP contribution in [-0.4, -0.2) is 34.1 Å². The number of carbonyl (C=O) groups is 1. The molecule has 1 aromatic rings. The maximum Gasteiger partial charge on any atom is 0.262 e. The van der Waals surface area contributed by atoms with Gasteiger partial charge in [-0.15, -0.1) is 0 Å². The Hall–Kier alpha value is -0.340. The average molecular weight is 419 g/mol. The molecular formula is C12H14BrCl2NO4S. The van der Waals surface area contributed by atoms with Crippen LogP contribution in [0.15, 0.2) is 21.5 Å². The van der Waals surface area contributed by atoms with Crippen LogP contribution in [-0.2, 0) is 13.8 Å². The molecule has 0 aromatic heterocycles. The molecule has 0 saturated carbocycles. The van der Waals surface area contributed by atoms with E-state index in [-0.39, 0.29) is 26.0 Å². The Morgan fingerprint density at radius 3 is 2.57 bits per heavy atom. The monoisotopic (exact) mass is 417 g/mol. The Morgan fingerprint density at radius 2 is 2.10 bits per heavy atom. The van der Waals surface area contributed by atoms with Crippen molar-refractivity contribution in [2.45, 2.75) is 24.3 Å². The summed E-state index contributed by atoms with van der Waals surface area (Å²) in [6, 6.07) is 2.36. The highest BCUT2D eigenvalue weighted by Gasteiger charge is 2.21. The summed E-state index contributed by atoms with van der Waals surface area (Å²) in [7, 11) is 2.84. The third kappa shape index (κ3) is 5.10. The van der Waals surface area contributed by atoms with Crippen molar-refractivity contribution in [3.05, 3.63) is 27.2 Å². The highest BCUT2D eigenvalue weighted by molar-refractivity contribution is 9.10. The molecule has 0 radical (unpaired) electrons. The standard InChI is InChI=1S/C12H14BrCl2NO4S/c1-3-8(6-20-2)16-12(17)7-4-9(14)11(13)10(5-7)21(15,18)19/h4-5,8H,3,6H2,1-2H3,(H,16,17). The molecule has 1 unspecified atom stereocenters. The lowest BCUT2D eigenvalue weighted by Gasteiger charge is -2.16. The molecule has 0 fully saturated rings. The summed E-state index contributed by atoms with van der Waals surface area (Å²) >= 11 is 8.97. The first-order valence-corrected chi connectivity index (χ1v) is 9.42. The maximum absolute atomic E-state index is 12.2. The molecule has 1 N–H and O–H groups in total. The van der Waals surface area contributed by atoms with Crippen LogP contribution in [0.3, 0.4) is 0 Å². The minimum Gasteiger partial charge on any atom is -0.383 e. The Bertz CT molecular complexity index is 636. The molecule has 21 heavy (non-hydrogen) atoms. The van der Waals surface area contributed by atoms with E-state index in [0.717, 1.165) is 0 Å².